The van der Waals surface area contributed by atoms with Crippen LogP contribution in [-0.4, -0.2) is 41.8 Å². The van der Waals surface area contributed by atoms with Gasteiger partial charge in [0.05, 0.1) is 6.10 Å². The van der Waals surface area contributed by atoms with Gasteiger partial charge in [0.2, 0.25) is 0 Å². The van der Waals surface area contributed by atoms with Gasteiger partial charge in [0.1, 0.15) is 0 Å². The van der Waals surface area contributed by atoms with Crippen molar-refractivity contribution < 1.29 is 9.90 Å². The second-order valence-electron chi connectivity index (χ2n) is 4.42. The van der Waals surface area contributed by atoms with Crippen molar-refractivity contribution in [2.45, 2.75) is 39.2 Å². The minimum Gasteiger partial charge on any atom is -0.391 e. The second-order valence-corrected chi connectivity index (χ2v) is 4.42. The fraction of sp³-hybridized carbons (Fsp3) is 0.909. The van der Waals surface area contributed by atoms with E-state index in [1.54, 1.807) is 0 Å². The molecule has 15 heavy (non-hydrogen) atoms. The number of nitrogens with one attached hydrogen (secondary N) is 1. The number of aliphatic hydroxyl groups is 1. The van der Waals surface area contributed by atoms with Crippen molar-refractivity contribution in [2.75, 3.05) is 19.6 Å². The van der Waals surface area contributed by atoms with E-state index in [2.05, 4.69) is 12.2 Å². The van der Waals surface area contributed by atoms with Crippen molar-refractivity contribution in [3.63, 3.8) is 0 Å². The molecule has 0 saturated carbocycles. The largest absolute Gasteiger partial charge is 0.391 e. The topological polar surface area (TPSA) is 52.6 Å². The maximum Gasteiger partial charge on any atom is 0.317 e. The number of nitrogens with zero attached hydrogens (tertiary/aromatic N) is 1. The van der Waals surface area contributed by atoms with Gasteiger partial charge in [-0.25, -0.2) is 4.79 Å². The molecule has 1 fully saturated rings. The minimum atomic E-state index is -0.419. The summed E-state index contributed by atoms with van der Waals surface area (Å²) in [6.07, 6.45) is 2.43. The molecule has 0 spiro atoms. The highest BCUT2D eigenvalue weighted by molar-refractivity contribution is 5.74. The number of likely N-dealkylation sites (tertiary alicyclic amines) is 1. The number of carbonyl (C=O) groups is 1. The van der Waals surface area contributed by atoms with E-state index < -0.39 is 6.10 Å². The quantitative estimate of drug-likeness (QED) is 0.741. The molecule has 4 nitrogen and oxygen atoms in total. The zero-order chi connectivity index (χ0) is 11.3. The number of rotatable bonds is 3. The molecule has 1 saturated heterocycles. The Balaban J connectivity index is 2.22. The molecule has 1 rings (SSSR count). The number of aliphatic hydroxyl groups excluding tert-OH is 1. The third-order valence-corrected chi connectivity index (χ3v) is 3.03. The van der Waals surface area contributed by atoms with Crippen molar-refractivity contribution in [1.29, 1.82) is 0 Å². The fourth-order valence-electron chi connectivity index (χ4n) is 1.67. The highest BCUT2D eigenvalue weighted by Crippen LogP contribution is 2.15. The van der Waals surface area contributed by atoms with Crippen LogP contribution < -0.4 is 5.32 Å². The fourth-order valence-corrected chi connectivity index (χ4v) is 1.67. The third kappa shape index (κ3) is 4.08. The van der Waals surface area contributed by atoms with E-state index in [9.17, 15) is 9.90 Å². The van der Waals surface area contributed by atoms with Crippen molar-refractivity contribution in [3.05, 3.63) is 0 Å². The molecule has 88 valence electrons. The van der Waals surface area contributed by atoms with Crippen LogP contribution >= 0.6 is 0 Å². The van der Waals surface area contributed by atoms with Gasteiger partial charge < -0.3 is 15.3 Å². The SMILES string of the molecule is CCC(O)CNC(=O)N1CCC(C)CC1. The molecule has 4 heteroatoms. The zero-order valence-corrected chi connectivity index (χ0v) is 9.70. The lowest BCUT2D eigenvalue weighted by molar-refractivity contribution is 0.149. The third-order valence-electron chi connectivity index (χ3n) is 3.03. The number of hydrogen-bond acceptors (Lipinski definition) is 2. The molecule has 1 unspecified atom stereocenters. The molecule has 2 N–H and O–H groups in total. The summed E-state index contributed by atoms with van der Waals surface area (Å²) in [6, 6.07) is -0.0330. The molecule has 0 radical (unpaired) electrons. The zero-order valence-electron chi connectivity index (χ0n) is 9.70. The van der Waals surface area contributed by atoms with Gasteiger partial charge in [-0.05, 0) is 25.2 Å². The lowest BCUT2D eigenvalue weighted by Crippen LogP contribution is -2.46. The molecule has 0 bridgehead atoms. The van der Waals surface area contributed by atoms with Crippen molar-refractivity contribution in [2.24, 2.45) is 5.92 Å². The number of carbonyl (C=O) groups excluding carboxylic acids is 1. The predicted molar refractivity (Wildman–Crippen MR) is 59.7 cm³/mol. The lowest BCUT2D eigenvalue weighted by Gasteiger charge is -2.30. The average Bonchev–Trinajstić information content (AvgIpc) is 2.26. The summed E-state index contributed by atoms with van der Waals surface area (Å²) in [5.74, 6) is 0.732. The lowest BCUT2D eigenvalue weighted by atomic mass is 10.00. The van der Waals surface area contributed by atoms with Crippen LogP contribution in [0.3, 0.4) is 0 Å². The Morgan fingerprint density at radius 1 is 1.53 bits per heavy atom. The summed E-state index contributed by atoms with van der Waals surface area (Å²) in [4.78, 5) is 13.5. The Morgan fingerprint density at radius 3 is 2.67 bits per heavy atom. The van der Waals surface area contributed by atoms with Crippen LogP contribution in [-0.2, 0) is 0 Å². The summed E-state index contributed by atoms with van der Waals surface area (Å²) >= 11 is 0. The van der Waals surface area contributed by atoms with Gasteiger partial charge in [0.15, 0.2) is 0 Å². The van der Waals surface area contributed by atoms with Crippen LogP contribution in [0.15, 0.2) is 0 Å². The second kappa shape index (κ2) is 5.95. The number of hydrogen-bond donors (Lipinski definition) is 2. The predicted octanol–water partition coefficient (Wildman–Crippen LogP) is 1.20. The minimum absolute atomic E-state index is 0.0330. The van der Waals surface area contributed by atoms with Crippen LogP contribution in [0.5, 0.6) is 0 Å². The Hall–Kier alpha value is -0.770. The summed E-state index contributed by atoms with van der Waals surface area (Å²) in [6.45, 7) is 6.17. The first-order valence-electron chi connectivity index (χ1n) is 5.84. The Morgan fingerprint density at radius 2 is 2.13 bits per heavy atom. The first-order chi connectivity index (χ1) is 7.13. The summed E-state index contributed by atoms with van der Waals surface area (Å²) in [5, 5.41) is 12.1. The molecule has 1 atom stereocenters. The molecule has 0 aromatic rings. The Kier molecular flexibility index (Phi) is 4.88. The van der Waals surface area contributed by atoms with E-state index in [4.69, 9.17) is 0 Å². The molecular weight excluding hydrogens is 192 g/mol. The van der Waals surface area contributed by atoms with Crippen molar-refractivity contribution in [3.8, 4) is 0 Å². The van der Waals surface area contributed by atoms with Crippen molar-refractivity contribution in [1.82, 2.24) is 10.2 Å². The van der Waals surface area contributed by atoms with Gasteiger partial charge in [0, 0.05) is 19.6 Å². The van der Waals surface area contributed by atoms with E-state index in [1.165, 1.54) is 0 Å². The maximum absolute atomic E-state index is 11.6. The number of piperidine rings is 1. The standard InChI is InChI=1S/C11H22N2O2/c1-3-10(14)8-12-11(15)13-6-4-9(2)5-7-13/h9-10,14H,3-8H2,1-2H3,(H,12,15). The van der Waals surface area contributed by atoms with E-state index >= 15 is 0 Å². The summed E-state index contributed by atoms with van der Waals surface area (Å²) < 4.78 is 0. The van der Waals surface area contributed by atoms with Crippen LogP contribution in [0, 0.1) is 5.92 Å². The molecule has 0 aromatic heterocycles. The molecule has 0 aliphatic carbocycles. The van der Waals surface area contributed by atoms with Gasteiger partial charge in [-0.1, -0.05) is 13.8 Å². The van der Waals surface area contributed by atoms with Gasteiger partial charge in [-0.3, -0.25) is 0 Å². The molecule has 1 heterocycles. The molecular formula is C11H22N2O2. The molecule has 2 amide bonds. The first-order valence-corrected chi connectivity index (χ1v) is 5.84. The Bertz CT molecular complexity index is 201. The smallest absolute Gasteiger partial charge is 0.317 e. The molecule has 0 aromatic carbocycles. The van der Waals surface area contributed by atoms with E-state index in [0.717, 1.165) is 31.8 Å². The maximum atomic E-state index is 11.6. The average molecular weight is 214 g/mol. The summed E-state index contributed by atoms with van der Waals surface area (Å²) in [7, 11) is 0. The highest BCUT2D eigenvalue weighted by atomic mass is 16.3. The number of amides is 2. The normalized spacial score (nSPS) is 20.1. The van der Waals surface area contributed by atoms with E-state index in [-0.39, 0.29) is 6.03 Å². The van der Waals surface area contributed by atoms with Crippen molar-refractivity contribution >= 4 is 6.03 Å². The number of urea groups is 1. The van der Waals surface area contributed by atoms with Crippen LogP contribution in [0.25, 0.3) is 0 Å². The van der Waals surface area contributed by atoms with Crippen LogP contribution in [0.2, 0.25) is 0 Å². The molecule has 1 aliphatic heterocycles. The van der Waals surface area contributed by atoms with Gasteiger partial charge >= 0.3 is 6.03 Å². The highest BCUT2D eigenvalue weighted by Gasteiger charge is 2.20. The van der Waals surface area contributed by atoms with Crippen LogP contribution in [0.1, 0.15) is 33.1 Å². The first kappa shape index (κ1) is 12.3. The summed E-state index contributed by atoms with van der Waals surface area (Å²) in [5.41, 5.74) is 0. The van der Waals surface area contributed by atoms with Gasteiger partial charge in [-0.2, -0.15) is 0 Å². The van der Waals surface area contributed by atoms with E-state index in [0.29, 0.717) is 13.0 Å². The van der Waals surface area contributed by atoms with E-state index in [1.807, 2.05) is 11.8 Å². The van der Waals surface area contributed by atoms with Gasteiger partial charge in [-0.15, -0.1) is 0 Å². The Labute approximate surface area is 91.6 Å². The van der Waals surface area contributed by atoms with Gasteiger partial charge in [0.25, 0.3) is 0 Å². The monoisotopic (exact) mass is 214 g/mol. The molecule has 1 aliphatic rings. The van der Waals surface area contributed by atoms with Crippen LogP contribution in [0.4, 0.5) is 4.79 Å².